The summed E-state index contributed by atoms with van der Waals surface area (Å²) < 4.78 is 4.90. The van der Waals surface area contributed by atoms with Gasteiger partial charge in [0.05, 0.1) is 0 Å². The normalized spacial score (nSPS) is 17.2. The zero-order valence-electron chi connectivity index (χ0n) is 12.1. The predicted octanol–water partition coefficient (Wildman–Crippen LogP) is 1.06. The Bertz CT molecular complexity index is 563. The molecule has 1 fully saturated rings. The largest absolute Gasteiger partial charge is 0.454 e. The maximum absolute atomic E-state index is 11.7. The molecule has 2 N–H and O–H groups in total. The molecule has 112 valence electrons. The van der Waals surface area contributed by atoms with Crippen LogP contribution in [0.25, 0.3) is 0 Å². The van der Waals surface area contributed by atoms with E-state index in [9.17, 15) is 14.4 Å². The first-order chi connectivity index (χ1) is 9.94. The van der Waals surface area contributed by atoms with E-state index in [2.05, 4.69) is 10.6 Å². The highest BCUT2D eigenvalue weighted by Gasteiger charge is 2.28. The van der Waals surface area contributed by atoms with Gasteiger partial charge in [-0.1, -0.05) is 6.07 Å². The molecule has 0 radical (unpaired) electrons. The number of hydrogen-bond donors (Lipinski definition) is 2. The smallest absolute Gasteiger partial charge is 0.329 e. The molecule has 1 aliphatic heterocycles. The summed E-state index contributed by atoms with van der Waals surface area (Å²) >= 11 is 0. The molecular weight excluding hydrogens is 272 g/mol. The third-order valence-corrected chi connectivity index (χ3v) is 3.13. The standard InChI is InChI=1S/C15H18N2O4/c1-9-5-10(2)7-11(6-9)16-14(19)8-21-15(20)12-3-4-13(18)17-12/h5-7,12H,3-4,8H2,1-2H3,(H,16,19)(H,17,18)/t12-/m1/s1. The Morgan fingerprint density at radius 2 is 1.95 bits per heavy atom. The Labute approximate surface area is 122 Å². The summed E-state index contributed by atoms with van der Waals surface area (Å²) in [5.74, 6) is -1.15. The predicted molar refractivity (Wildman–Crippen MR) is 76.7 cm³/mol. The number of hydrogen-bond acceptors (Lipinski definition) is 4. The number of carbonyl (C=O) groups excluding carboxylic acids is 3. The Balaban J connectivity index is 1.82. The maximum atomic E-state index is 11.7. The topological polar surface area (TPSA) is 84.5 Å². The van der Waals surface area contributed by atoms with E-state index < -0.39 is 17.9 Å². The highest BCUT2D eigenvalue weighted by Crippen LogP contribution is 2.13. The fraction of sp³-hybridized carbons (Fsp3) is 0.400. The number of aryl methyl sites for hydroxylation is 2. The van der Waals surface area contributed by atoms with E-state index in [0.29, 0.717) is 18.5 Å². The number of ether oxygens (including phenoxy) is 1. The monoisotopic (exact) mass is 290 g/mol. The van der Waals surface area contributed by atoms with Gasteiger partial charge in [0.1, 0.15) is 6.04 Å². The Kier molecular flexibility index (Phi) is 4.57. The second kappa shape index (κ2) is 6.39. The SMILES string of the molecule is Cc1cc(C)cc(NC(=O)COC(=O)[C@H]2CCC(=O)N2)c1. The number of anilines is 1. The van der Waals surface area contributed by atoms with Crippen molar-refractivity contribution in [2.24, 2.45) is 0 Å². The average molecular weight is 290 g/mol. The van der Waals surface area contributed by atoms with Crippen LogP contribution in [0.1, 0.15) is 24.0 Å². The second-order valence-electron chi connectivity index (χ2n) is 5.19. The van der Waals surface area contributed by atoms with Crippen LogP contribution >= 0.6 is 0 Å². The van der Waals surface area contributed by atoms with Crippen LogP contribution in [0.3, 0.4) is 0 Å². The highest BCUT2D eigenvalue weighted by molar-refractivity contribution is 5.94. The van der Waals surface area contributed by atoms with Gasteiger partial charge in [-0.25, -0.2) is 4.79 Å². The summed E-state index contributed by atoms with van der Waals surface area (Å²) in [4.78, 5) is 34.4. The van der Waals surface area contributed by atoms with Crippen LogP contribution in [0, 0.1) is 13.8 Å². The van der Waals surface area contributed by atoms with Gasteiger partial charge < -0.3 is 15.4 Å². The zero-order valence-corrected chi connectivity index (χ0v) is 12.1. The minimum atomic E-state index is -0.633. The van der Waals surface area contributed by atoms with Crippen LogP contribution in [0.4, 0.5) is 5.69 Å². The van der Waals surface area contributed by atoms with Crippen molar-refractivity contribution >= 4 is 23.5 Å². The van der Waals surface area contributed by atoms with Crippen LogP contribution in [-0.4, -0.2) is 30.4 Å². The van der Waals surface area contributed by atoms with Crippen LogP contribution in [0.15, 0.2) is 18.2 Å². The van der Waals surface area contributed by atoms with Crippen LogP contribution in [0.2, 0.25) is 0 Å². The minimum absolute atomic E-state index is 0.170. The fourth-order valence-electron chi connectivity index (χ4n) is 2.27. The number of benzene rings is 1. The lowest BCUT2D eigenvalue weighted by atomic mass is 10.1. The molecule has 1 aromatic carbocycles. The van der Waals surface area contributed by atoms with Crippen molar-refractivity contribution in [2.75, 3.05) is 11.9 Å². The number of rotatable bonds is 4. The van der Waals surface area contributed by atoms with E-state index >= 15 is 0 Å². The van der Waals surface area contributed by atoms with Crippen molar-refractivity contribution in [3.05, 3.63) is 29.3 Å². The average Bonchev–Trinajstić information content (AvgIpc) is 2.81. The first-order valence-corrected chi connectivity index (χ1v) is 6.78. The van der Waals surface area contributed by atoms with Gasteiger partial charge in [0.15, 0.2) is 6.61 Å². The van der Waals surface area contributed by atoms with Crippen molar-refractivity contribution in [1.82, 2.24) is 5.32 Å². The van der Waals surface area contributed by atoms with Gasteiger partial charge in [0.2, 0.25) is 5.91 Å². The minimum Gasteiger partial charge on any atom is -0.454 e. The third kappa shape index (κ3) is 4.30. The van der Waals surface area contributed by atoms with Crippen molar-refractivity contribution in [1.29, 1.82) is 0 Å². The molecule has 6 nitrogen and oxygen atoms in total. The van der Waals surface area contributed by atoms with Crippen LogP contribution < -0.4 is 10.6 Å². The van der Waals surface area contributed by atoms with E-state index in [-0.39, 0.29) is 12.5 Å². The van der Waals surface area contributed by atoms with Gasteiger partial charge in [0, 0.05) is 12.1 Å². The summed E-state index contributed by atoms with van der Waals surface area (Å²) in [6.07, 6.45) is 0.727. The van der Waals surface area contributed by atoms with E-state index in [1.54, 1.807) is 0 Å². The first kappa shape index (κ1) is 15.0. The molecule has 0 spiro atoms. The van der Waals surface area contributed by atoms with Gasteiger partial charge in [-0.15, -0.1) is 0 Å². The molecule has 0 aliphatic carbocycles. The number of carbonyl (C=O) groups is 3. The van der Waals surface area contributed by atoms with Crippen LogP contribution in [0.5, 0.6) is 0 Å². The van der Waals surface area contributed by atoms with Gasteiger partial charge >= 0.3 is 5.97 Å². The van der Waals surface area contributed by atoms with Crippen molar-refractivity contribution < 1.29 is 19.1 Å². The maximum Gasteiger partial charge on any atom is 0.329 e. The first-order valence-electron chi connectivity index (χ1n) is 6.78. The van der Waals surface area contributed by atoms with Crippen molar-refractivity contribution in [3.8, 4) is 0 Å². The van der Waals surface area contributed by atoms with E-state index in [4.69, 9.17) is 4.74 Å². The molecule has 21 heavy (non-hydrogen) atoms. The van der Waals surface area contributed by atoms with Gasteiger partial charge in [0.25, 0.3) is 5.91 Å². The van der Waals surface area contributed by atoms with Crippen molar-refractivity contribution in [2.45, 2.75) is 32.7 Å². The summed E-state index contributed by atoms with van der Waals surface area (Å²) in [7, 11) is 0. The number of nitrogens with one attached hydrogen (secondary N) is 2. The summed E-state index contributed by atoms with van der Waals surface area (Å²) in [5.41, 5.74) is 2.75. The quantitative estimate of drug-likeness (QED) is 0.812. The second-order valence-corrected chi connectivity index (χ2v) is 5.19. The molecule has 0 bridgehead atoms. The van der Waals surface area contributed by atoms with Crippen molar-refractivity contribution in [3.63, 3.8) is 0 Å². The van der Waals surface area contributed by atoms with E-state index in [1.807, 2.05) is 32.0 Å². The van der Waals surface area contributed by atoms with E-state index in [0.717, 1.165) is 11.1 Å². The lowest BCUT2D eigenvalue weighted by Gasteiger charge is -2.11. The Hall–Kier alpha value is -2.37. The lowest BCUT2D eigenvalue weighted by Crippen LogP contribution is -2.36. The molecule has 2 rings (SSSR count). The zero-order chi connectivity index (χ0) is 15.4. The molecule has 0 saturated carbocycles. The number of amides is 2. The van der Waals surface area contributed by atoms with Gasteiger partial charge in [-0.05, 0) is 43.5 Å². The molecule has 1 atom stereocenters. The third-order valence-electron chi connectivity index (χ3n) is 3.13. The van der Waals surface area contributed by atoms with E-state index in [1.165, 1.54) is 0 Å². The molecule has 0 unspecified atom stereocenters. The van der Waals surface area contributed by atoms with Gasteiger partial charge in [-0.2, -0.15) is 0 Å². The molecular formula is C15H18N2O4. The molecule has 2 amide bonds. The highest BCUT2D eigenvalue weighted by atomic mass is 16.5. The lowest BCUT2D eigenvalue weighted by molar-refractivity contribution is -0.149. The Morgan fingerprint density at radius 3 is 2.52 bits per heavy atom. The molecule has 1 aromatic rings. The fourth-order valence-corrected chi connectivity index (χ4v) is 2.27. The summed E-state index contributed by atoms with van der Waals surface area (Å²) in [5, 5.41) is 5.17. The molecule has 1 saturated heterocycles. The van der Waals surface area contributed by atoms with Crippen LogP contribution in [-0.2, 0) is 19.1 Å². The van der Waals surface area contributed by atoms with Gasteiger partial charge in [-0.3, -0.25) is 9.59 Å². The summed E-state index contributed by atoms with van der Waals surface area (Å²) in [6.45, 7) is 3.51. The summed E-state index contributed by atoms with van der Waals surface area (Å²) in [6, 6.07) is 5.04. The molecule has 1 heterocycles. The number of esters is 1. The Morgan fingerprint density at radius 1 is 1.29 bits per heavy atom. The molecule has 0 aromatic heterocycles. The molecule has 6 heteroatoms. The molecule has 1 aliphatic rings.